The number of aromatic nitrogens is 2. The van der Waals surface area contributed by atoms with Crippen LogP contribution in [0.4, 0.5) is 0 Å². The van der Waals surface area contributed by atoms with Gasteiger partial charge in [-0.1, -0.05) is 25.4 Å². The highest BCUT2D eigenvalue weighted by Crippen LogP contribution is 2.40. The van der Waals surface area contributed by atoms with Gasteiger partial charge in [0.05, 0.1) is 16.6 Å². The summed E-state index contributed by atoms with van der Waals surface area (Å²) in [5, 5.41) is 11.6. The summed E-state index contributed by atoms with van der Waals surface area (Å²) in [6, 6.07) is 2.12. The molecule has 26 heavy (non-hydrogen) atoms. The molecule has 2 aliphatic rings. The van der Waals surface area contributed by atoms with Crippen molar-refractivity contribution in [2.24, 2.45) is 5.92 Å². The van der Waals surface area contributed by atoms with Gasteiger partial charge < -0.3 is 15.2 Å². The minimum Gasteiger partial charge on any atom is -0.348 e. The standard InChI is InChI=1S/C19H26N4O2.ClH/c1-3-4-14-17-13(18(24)21-16-10-20-8-7-11(16)2)9-15(12-5-6-12)22-19(17)25-23-14;/h9,11-12,16,20H,3-8,10H2,1-2H3,(H,21,24);1H. The van der Waals surface area contributed by atoms with E-state index < -0.39 is 0 Å². The highest BCUT2D eigenvalue weighted by atomic mass is 35.5. The molecule has 3 heterocycles. The van der Waals surface area contributed by atoms with E-state index in [4.69, 9.17) is 4.52 Å². The number of piperidine rings is 1. The van der Waals surface area contributed by atoms with Crippen LogP contribution in [0.15, 0.2) is 10.6 Å². The number of nitrogens with zero attached hydrogens (tertiary/aromatic N) is 2. The number of carbonyl (C=O) groups is 1. The molecule has 0 aromatic carbocycles. The molecule has 0 spiro atoms. The Hall–Kier alpha value is -1.66. The fourth-order valence-electron chi connectivity index (χ4n) is 3.63. The molecule has 1 saturated heterocycles. The van der Waals surface area contributed by atoms with Crippen molar-refractivity contribution in [3.05, 3.63) is 23.0 Å². The molecule has 2 aromatic rings. The number of aryl methyl sites for hydroxylation is 1. The van der Waals surface area contributed by atoms with Gasteiger partial charge in [-0.2, -0.15) is 0 Å². The molecule has 2 fully saturated rings. The Bertz CT molecular complexity index is 787. The molecule has 0 radical (unpaired) electrons. The summed E-state index contributed by atoms with van der Waals surface area (Å²) in [5.41, 5.74) is 2.99. The topological polar surface area (TPSA) is 80.0 Å². The van der Waals surface area contributed by atoms with E-state index in [1.54, 1.807) is 0 Å². The van der Waals surface area contributed by atoms with Gasteiger partial charge in [-0.15, -0.1) is 12.4 Å². The maximum Gasteiger partial charge on any atom is 0.259 e. The van der Waals surface area contributed by atoms with E-state index in [0.29, 0.717) is 23.1 Å². The number of hydrogen-bond donors (Lipinski definition) is 2. The van der Waals surface area contributed by atoms with Gasteiger partial charge in [0.25, 0.3) is 11.6 Å². The lowest BCUT2D eigenvalue weighted by atomic mass is 9.94. The van der Waals surface area contributed by atoms with Gasteiger partial charge in [-0.3, -0.25) is 4.79 Å². The van der Waals surface area contributed by atoms with Crippen molar-refractivity contribution < 1.29 is 9.32 Å². The molecule has 1 aliphatic carbocycles. The Labute approximate surface area is 159 Å². The van der Waals surface area contributed by atoms with Crippen molar-refractivity contribution in [3.8, 4) is 0 Å². The minimum atomic E-state index is -0.0320. The monoisotopic (exact) mass is 378 g/mol. The number of fused-ring (bicyclic) bond motifs is 1. The first kappa shape index (κ1) is 19.1. The van der Waals surface area contributed by atoms with Crippen molar-refractivity contribution in [1.29, 1.82) is 0 Å². The molecule has 6 nitrogen and oxygen atoms in total. The Morgan fingerprint density at radius 3 is 2.88 bits per heavy atom. The van der Waals surface area contributed by atoms with E-state index in [2.05, 4.69) is 34.6 Å². The van der Waals surface area contributed by atoms with E-state index in [1.807, 2.05) is 6.07 Å². The molecule has 4 rings (SSSR count). The van der Waals surface area contributed by atoms with Crippen molar-refractivity contribution >= 4 is 29.4 Å². The Kier molecular flexibility index (Phi) is 5.82. The molecule has 1 saturated carbocycles. The number of pyridine rings is 1. The third-order valence-electron chi connectivity index (χ3n) is 5.41. The molecule has 2 atom stereocenters. The summed E-state index contributed by atoms with van der Waals surface area (Å²) in [4.78, 5) is 17.7. The minimum absolute atomic E-state index is 0. The van der Waals surface area contributed by atoms with E-state index >= 15 is 0 Å². The van der Waals surface area contributed by atoms with Crippen molar-refractivity contribution in [3.63, 3.8) is 0 Å². The summed E-state index contributed by atoms with van der Waals surface area (Å²) in [7, 11) is 0. The van der Waals surface area contributed by atoms with Crippen LogP contribution in [0.25, 0.3) is 11.1 Å². The molecule has 1 aliphatic heterocycles. The van der Waals surface area contributed by atoms with Crippen LogP contribution in [0.5, 0.6) is 0 Å². The lowest BCUT2D eigenvalue weighted by Gasteiger charge is -2.30. The van der Waals surface area contributed by atoms with Gasteiger partial charge in [0.2, 0.25) is 0 Å². The number of nitrogens with one attached hydrogen (secondary N) is 2. The average molecular weight is 379 g/mol. The Morgan fingerprint density at radius 2 is 2.19 bits per heavy atom. The first-order valence-electron chi connectivity index (χ1n) is 9.48. The van der Waals surface area contributed by atoms with Crippen LogP contribution < -0.4 is 10.6 Å². The van der Waals surface area contributed by atoms with E-state index in [0.717, 1.165) is 62.0 Å². The summed E-state index contributed by atoms with van der Waals surface area (Å²) in [6.07, 6.45) is 5.10. The van der Waals surface area contributed by atoms with Gasteiger partial charge in [0, 0.05) is 24.2 Å². The number of halogens is 1. The second-order valence-corrected chi connectivity index (χ2v) is 7.48. The molecule has 1 amide bonds. The van der Waals surface area contributed by atoms with Gasteiger partial charge in [-0.05, 0) is 44.2 Å². The van der Waals surface area contributed by atoms with Gasteiger partial charge in [0.1, 0.15) is 0 Å². The third-order valence-corrected chi connectivity index (χ3v) is 5.41. The van der Waals surface area contributed by atoms with E-state index in [9.17, 15) is 4.79 Å². The smallest absolute Gasteiger partial charge is 0.259 e. The third kappa shape index (κ3) is 3.71. The van der Waals surface area contributed by atoms with Crippen molar-refractivity contribution in [2.45, 2.75) is 57.9 Å². The number of rotatable bonds is 5. The molecule has 2 aromatic heterocycles. The highest BCUT2D eigenvalue weighted by molar-refractivity contribution is 6.06. The molecular formula is C19H27ClN4O2. The van der Waals surface area contributed by atoms with Crippen LogP contribution in [-0.4, -0.2) is 35.2 Å². The van der Waals surface area contributed by atoms with Crippen molar-refractivity contribution in [2.75, 3.05) is 13.1 Å². The van der Waals surface area contributed by atoms with Crippen LogP contribution >= 0.6 is 12.4 Å². The van der Waals surface area contributed by atoms with E-state index in [-0.39, 0.29) is 24.4 Å². The molecule has 7 heteroatoms. The summed E-state index contributed by atoms with van der Waals surface area (Å²) < 4.78 is 5.47. The van der Waals surface area contributed by atoms with Crippen LogP contribution in [0.1, 0.15) is 67.2 Å². The zero-order chi connectivity index (χ0) is 17.4. The second-order valence-electron chi connectivity index (χ2n) is 7.48. The van der Waals surface area contributed by atoms with Crippen LogP contribution in [0, 0.1) is 5.92 Å². The Morgan fingerprint density at radius 1 is 1.38 bits per heavy atom. The lowest BCUT2D eigenvalue weighted by Crippen LogP contribution is -2.50. The summed E-state index contributed by atoms with van der Waals surface area (Å²) in [6.45, 7) is 6.14. The molecule has 142 valence electrons. The fraction of sp³-hybridized carbons (Fsp3) is 0.632. The number of amides is 1. The highest BCUT2D eigenvalue weighted by Gasteiger charge is 2.30. The first-order valence-corrected chi connectivity index (χ1v) is 9.48. The quantitative estimate of drug-likeness (QED) is 0.835. The molecule has 0 bridgehead atoms. The van der Waals surface area contributed by atoms with Crippen LogP contribution in [0.2, 0.25) is 0 Å². The molecule has 2 N–H and O–H groups in total. The SMILES string of the molecule is CCCc1noc2nc(C3CC3)cc(C(=O)NC3CNCCC3C)c12.Cl. The maximum atomic E-state index is 13.1. The predicted octanol–water partition coefficient (Wildman–Crippen LogP) is 3.20. The largest absolute Gasteiger partial charge is 0.348 e. The van der Waals surface area contributed by atoms with Crippen molar-refractivity contribution in [1.82, 2.24) is 20.8 Å². The van der Waals surface area contributed by atoms with Crippen LogP contribution in [0.3, 0.4) is 0 Å². The van der Waals surface area contributed by atoms with Crippen LogP contribution in [-0.2, 0) is 6.42 Å². The lowest BCUT2D eigenvalue weighted by molar-refractivity contribution is 0.0916. The maximum absolute atomic E-state index is 13.1. The van der Waals surface area contributed by atoms with Gasteiger partial charge in [0.15, 0.2) is 0 Å². The Balaban J connectivity index is 0.00000196. The second kappa shape index (κ2) is 7.92. The number of hydrogen-bond acceptors (Lipinski definition) is 5. The average Bonchev–Trinajstić information content (AvgIpc) is 3.39. The zero-order valence-electron chi connectivity index (χ0n) is 15.4. The van der Waals surface area contributed by atoms with Gasteiger partial charge in [-0.25, -0.2) is 4.98 Å². The molecule has 2 unspecified atom stereocenters. The fourth-order valence-corrected chi connectivity index (χ4v) is 3.63. The summed E-state index contributed by atoms with van der Waals surface area (Å²) in [5.74, 6) is 0.907. The summed E-state index contributed by atoms with van der Waals surface area (Å²) >= 11 is 0. The normalized spacial score (nSPS) is 22.8. The first-order chi connectivity index (χ1) is 12.2. The zero-order valence-corrected chi connectivity index (χ0v) is 16.2. The predicted molar refractivity (Wildman–Crippen MR) is 103 cm³/mol. The van der Waals surface area contributed by atoms with E-state index in [1.165, 1.54) is 0 Å². The number of carbonyl (C=O) groups excluding carboxylic acids is 1. The van der Waals surface area contributed by atoms with Gasteiger partial charge >= 0.3 is 0 Å². The molecular weight excluding hydrogens is 352 g/mol.